The number of H-pyrrole nitrogens is 1. The first-order valence-corrected chi connectivity index (χ1v) is 10.4. The number of aromatic nitrogens is 1. The van der Waals surface area contributed by atoms with Crippen LogP contribution in [0.1, 0.15) is 22.9 Å². The van der Waals surface area contributed by atoms with Crippen LogP contribution in [0.3, 0.4) is 0 Å². The van der Waals surface area contributed by atoms with Gasteiger partial charge in [0.1, 0.15) is 11.5 Å². The number of aliphatic hydroxyl groups is 1. The molecule has 1 spiro atoms. The van der Waals surface area contributed by atoms with E-state index in [9.17, 15) is 5.11 Å². The lowest BCUT2D eigenvalue weighted by molar-refractivity contribution is 0.00394. The number of likely N-dealkylation sites (N-methyl/N-ethyl adjacent to an activating group) is 1. The van der Waals surface area contributed by atoms with Gasteiger partial charge in [-0.1, -0.05) is 18.2 Å². The molecule has 1 aromatic heterocycles. The smallest absolute Gasteiger partial charge is 0.123 e. The molecular formula is C24H29N3O3. The van der Waals surface area contributed by atoms with Crippen molar-refractivity contribution in [3.05, 3.63) is 59.3 Å². The highest BCUT2D eigenvalue weighted by molar-refractivity contribution is 5.88. The molecule has 6 heteroatoms. The van der Waals surface area contributed by atoms with E-state index >= 15 is 0 Å². The van der Waals surface area contributed by atoms with Crippen molar-refractivity contribution >= 4 is 10.9 Å². The van der Waals surface area contributed by atoms with Gasteiger partial charge >= 0.3 is 0 Å². The lowest BCUT2D eigenvalue weighted by Gasteiger charge is -2.55. The fourth-order valence-electron chi connectivity index (χ4n) is 5.58. The molecule has 6 nitrogen and oxygen atoms in total. The van der Waals surface area contributed by atoms with Crippen molar-refractivity contribution in [2.24, 2.45) is 0 Å². The molecule has 2 aromatic carbocycles. The number of aromatic amines is 1. The van der Waals surface area contributed by atoms with Gasteiger partial charge in [0.2, 0.25) is 0 Å². The van der Waals surface area contributed by atoms with Crippen molar-refractivity contribution < 1.29 is 14.6 Å². The van der Waals surface area contributed by atoms with Crippen LogP contribution in [-0.2, 0) is 12.0 Å². The molecule has 0 amide bonds. The molecule has 3 aromatic rings. The number of fused-ring (bicyclic) bond motifs is 4. The molecule has 30 heavy (non-hydrogen) atoms. The van der Waals surface area contributed by atoms with Crippen molar-refractivity contribution in [3.63, 3.8) is 0 Å². The van der Waals surface area contributed by atoms with E-state index in [0.717, 1.165) is 54.5 Å². The van der Waals surface area contributed by atoms with E-state index in [4.69, 9.17) is 9.47 Å². The predicted molar refractivity (Wildman–Crippen MR) is 117 cm³/mol. The average Bonchev–Trinajstić information content (AvgIpc) is 3.12. The van der Waals surface area contributed by atoms with Crippen LogP contribution in [0.5, 0.6) is 11.5 Å². The summed E-state index contributed by atoms with van der Waals surface area (Å²) in [6.45, 7) is 3.74. The van der Waals surface area contributed by atoms with E-state index < -0.39 is 0 Å². The van der Waals surface area contributed by atoms with E-state index in [2.05, 4.69) is 40.0 Å². The van der Waals surface area contributed by atoms with Gasteiger partial charge in [-0.2, -0.15) is 0 Å². The van der Waals surface area contributed by atoms with Gasteiger partial charge in [-0.15, -0.1) is 0 Å². The maximum Gasteiger partial charge on any atom is 0.123 e. The molecule has 1 saturated heterocycles. The molecule has 1 atom stereocenters. The minimum absolute atomic E-state index is 0.0601. The second kappa shape index (κ2) is 7.30. The van der Waals surface area contributed by atoms with Crippen molar-refractivity contribution in [1.29, 1.82) is 0 Å². The van der Waals surface area contributed by atoms with Gasteiger partial charge in [-0.3, -0.25) is 4.90 Å². The fourth-order valence-corrected chi connectivity index (χ4v) is 5.58. The van der Waals surface area contributed by atoms with Gasteiger partial charge < -0.3 is 24.5 Å². The van der Waals surface area contributed by atoms with Crippen LogP contribution in [0.25, 0.3) is 10.9 Å². The first-order valence-electron chi connectivity index (χ1n) is 10.4. The number of nitrogens with one attached hydrogen (secondary N) is 1. The second-order valence-electron chi connectivity index (χ2n) is 8.69. The van der Waals surface area contributed by atoms with Crippen LogP contribution < -0.4 is 9.47 Å². The molecule has 2 aliphatic rings. The maximum atomic E-state index is 10.4. The van der Waals surface area contributed by atoms with Gasteiger partial charge in [0.25, 0.3) is 0 Å². The lowest BCUT2D eigenvalue weighted by atomic mass is 9.69. The first-order chi connectivity index (χ1) is 14.6. The summed E-state index contributed by atoms with van der Waals surface area (Å²) in [5.41, 5.74) is 4.78. The molecule has 5 rings (SSSR count). The molecule has 0 bridgehead atoms. The third-order valence-electron chi connectivity index (χ3n) is 6.73. The van der Waals surface area contributed by atoms with Gasteiger partial charge in [-0.25, -0.2) is 0 Å². The predicted octanol–water partition coefficient (Wildman–Crippen LogP) is 2.92. The highest BCUT2D eigenvalue weighted by atomic mass is 16.5. The number of para-hydroxylation sites is 1. The van der Waals surface area contributed by atoms with Gasteiger partial charge in [0.15, 0.2) is 0 Å². The average molecular weight is 408 g/mol. The van der Waals surface area contributed by atoms with E-state index in [1.54, 1.807) is 14.2 Å². The highest BCUT2D eigenvalue weighted by Gasteiger charge is 2.51. The number of nitrogens with zero attached hydrogens (tertiary/aromatic N) is 2. The number of hydrogen-bond donors (Lipinski definition) is 2. The van der Waals surface area contributed by atoms with Crippen LogP contribution in [0.15, 0.2) is 42.5 Å². The second-order valence-corrected chi connectivity index (χ2v) is 8.69. The zero-order valence-corrected chi connectivity index (χ0v) is 17.8. The van der Waals surface area contributed by atoms with Crippen LogP contribution >= 0.6 is 0 Å². The SMILES string of the molecule is COc1ccc2c3c([nH]c2c1)[C@@H](CO)N(Cc1ccccc1OC)CC31CN(C)C1. The van der Waals surface area contributed by atoms with Crippen LogP contribution in [0.2, 0.25) is 0 Å². The summed E-state index contributed by atoms with van der Waals surface area (Å²) < 4.78 is 11.0. The highest BCUT2D eigenvalue weighted by Crippen LogP contribution is 2.48. The van der Waals surface area contributed by atoms with E-state index in [1.807, 2.05) is 24.3 Å². The maximum absolute atomic E-state index is 10.4. The van der Waals surface area contributed by atoms with Crippen LogP contribution in [-0.4, -0.2) is 67.4 Å². The Morgan fingerprint density at radius 1 is 1.10 bits per heavy atom. The number of methoxy groups -OCH3 is 2. The Kier molecular flexibility index (Phi) is 4.73. The summed E-state index contributed by atoms with van der Waals surface area (Å²) in [7, 11) is 5.58. The Balaban J connectivity index is 1.61. The first kappa shape index (κ1) is 19.4. The molecular weight excluding hydrogens is 378 g/mol. The standard InChI is InChI=1S/C24H29N3O3/c1-26-13-24(14-26)15-27(11-16-6-4-5-7-21(16)30-3)20(12-28)23-22(24)18-9-8-17(29-2)10-19(18)25-23/h4-10,20,25,28H,11-15H2,1-3H3/t20-/m1/s1. The molecule has 0 unspecified atom stereocenters. The normalized spacial score (nSPS) is 20.9. The topological polar surface area (TPSA) is 61.0 Å². The summed E-state index contributed by atoms with van der Waals surface area (Å²) in [6, 6.07) is 14.3. The molecule has 0 saturated carbocycles. The zero-order valence-electron chi connectivity index (χ0n) is 17.8. The summed E-state index contributed by atoms with van der Waals surface area (Å²) >= 11 is 0. The van der Waals surface area contributed by atoms with E-state index in [0.29, 0.717) is 0 Å². The minimum Gasteiger partial charge on any atom is -0.497 e. The van der Waals surface area contributed by atoms with E-state index in [-0.39, 0.29) is 18.1 Å². The molecule has 0 aliphatic carbocycles. The molecule has 2 N–H and O–H groups in total. The van der Waals surface area contributed by atoms with Crippen LogP contribution in [0.4, 0.5) is 0 Å². The third kappa shape index (κ3) is 2.90. The number of likely N-dealkylation sites (tertiary alicyclic amines) is 1. The molecule has 0 radical (unpaired) electrons. The Hall–Kier alpha value is -2.54. The fraction of sp³-hybridized carbons (Fsp3) is 0.417. The van der Waals surface area contributed by atoms with Gasteiger partial charge in [0.05, 0.1) is 26.9 Å². The number of aliphatic hydroxyl groups excluding tert-OH is 1. The van der Waals surface area contributed by atoms with Gasteiger partial charge in [-0.05, 0) is 30.8 Å². The Bertz CT molecular complexity index is 1070. The third-order valence-corrected chi connectivity index (χ3v) is 6.73. The Morgan fingerprint density at radius 3 is 2.60 bits per heavy atom. The van der Waals surface area contributed by atoms with Crippen molar-refractivity contribution in [2.75, 3.05) is 47.5 Å². The molecule has 2 aliphatic heterocycles. The summed E-state index contributed by atoms with van der Waals surface area (Å²) in [5, 5.41) is 11.7. The Morgan fingerprint density at radius 2 is 1.90 bits per heavy atom. The quantitative estimate of drug-likeness (QED) is 0.681. The van der Waals surface area contributed by atoms with E-state index in [1.165, 1.54) is 10.9 Å². The number of benzene rings is 2. The number of ether oxygens (including phenoxy) is 2. The van der Waals surface area contributed by atoms with Crippen molar-refractivity contribution in [2.45, 2.75) is 18.0 Å². The number of rotatable bonds is 5. The lowest BCUT2D eigenvalue weighted by Crippen LogP contribution is -2.65. The number of hydrogen-bond acceptors (Lipinski definition) is 5. The largest absolute Gasteiger partial charge is 0.497 e. The molecule has 158 valence electrons. The summed E-state index contributed by atoms with van der Waals surface area (Å²) in [6.07, 6.45) is 0. The minimum atomic E-state index is -0.0835. The molecule has 1 fully saturated rings. The van der Waals surface area contributed by atoms with Crippen LogP contribution in [0, 0.1) is 0 Å². The zero-order chi connectivity index (χ0) is 20.9. The summed E-state index contributed by atoms with van der Waals surface area (Å²) in [4.78, 5) is 8.41. The Labute approximate surface area is 177 Å². The van der Waals surface area contributed by atoms with Crippen molar-refractivity contribution in [1.82, 2.24) is 14.8 Å². The van der Waals surface area contributed by atoms with Gasteiger partial charge in [0, 0.05) is 59.8 Å². The molecule has 3 heterocycles. The monoisotopic (exact) mass is 407 g/mol. The van der Waals surface area contributed by atoms with Crippen molar-refractivity contribution in [3.8, 4) is 11.5 Å². The summed E-state index contributed by atoms with van der Waals surface area (Å²) in [5.74, 6) is 1.73.